The Morgan fingerprint density at radius 3 is 2.36 bits per heavy atom. The number of hydrogen-bond donors (Lipinski definition) is 3. The first-order valence-corrected chi connectivity index (χ1v) is 13.3. The Kier molecular flexibility index (Phi) is 11.1. The van der Waals surface area contributed by atoms with Crippen LogP contribution in [0.2, 0.25) is 0 Å². The van der Waals surface area contributed by atoms with Crippen LogP contribution in [0.15, 0.2) is 47.3 Å². The largest absolute Gasteiger partial charge is 0.481 e. The zero-order chi connectivity index (χ0) is 28.2. The van der Waals surface area contributed by atoms with Crippen LogP contribution in [0.1, 0.15) is 55.9 Å². The molecule has 3 rings (SSSR count). The Morgan fingerprint density at radius 1 is 1.00 bits per heavy atom. The number of nitrogens with one attached hydrogen (secondary N) is 2. The molecule has 0 bridgehead atoms. The molecule has 1 aromatic carbocycles. The van der Waals surface area contributed by atoms with Gasteiger partial charge in [0, 0.05) is 50.4 Å². The van der Waals surface area contributed by atoms with E-state index in [2.05, 4.69) is 17.2 Å². The number of unbranched alkanes of at least 4 members (excludes halogenated alkanes) is 3. The van der Waals surface area contributed by atoms with Crippen LogP contribution in [0.4, 0.5) is 4.79 Å². The van der Waals surface area contributed by atoms with E-state index < -0.39 is 29.9 Å². The third-order valence-corrected chi connectivity index (χ3v) is 6.50. The van der Waals surface area contributed by atoms with Crippen molar-refractivity contribution in [3.8, 4) is 11.3 Å². The summed E-state index contributed by atoms with van der Waals surface area (Å²) in [5, 5.41) is 11.8. The number of amides is 3. The first kappa shape index (κ1) is 29.4. The molecule has 1 atom stereocenters. The quantitative estimate of drug-likeness (QED) is 0.351. The van der Waals surface area contributed by atoms with Gasteiger partial charge in [-0.05, 0) is 18.4 Å². The molecule has 0 unspecified atom stereocenters. The number of pyridine rings is 1. The average Bonchev–Trinajstić information content (AvgIpc) is 2.94. The van der Waals surface area contributed by atoms with Gasteiger partial charge in [0.1, 0.15) is 11.7 Å². The zero-order valence-corrected chi connectivity index (χ0v) is 22.2. The molecule has 0 aliphatic carbocycles. The lowest BCUT2D eigenvalue weighted by molar-refractivity contribution is -0.138. The number of ether oxygens (including phenoxy) is 1. The summed E-state index contributed by atoms with van der Waals surface area (Å²) >= 11 is 0. The average molecular weight is 541 g/mol. The zero-order valence-electron chi connectivity index (χ0n) is 22.2. The first-order chi connectivity index (χ1) is 18.8. The molecule has 2 aromatic rings. The number of carbonyl (C=O) groups excluding carboxylic acids is 3. The number of nitrogens with zero attached hydrogens (tertiary/aromatic N) is 2. The van der Waals surface area contributed by atoms with Gasteiger partial charge in [-0.3, -0.25) is 19.2 Å². The van der Waals surface area contributed by atoms with Crippen molar-refractivity contribution in [3.05, 3.63) is 58.4 Å². The summed E-state index contributed by atoms with van der Waals surface area (Å²) in [6.45, 7) is 3.45. The summed E-state index contributed by atoms with van der Waals surface area (Å²) < 4.78 is 5.32. The maximum Gasteiger partial charge on any atom is 0.409 e. The van der Waals surface area contributed by atoms with Crippen molar-refractivity contribution < 1.29 is 29.0 Å². The standard InChI is InChI=1S/C28H36N4O7/c1-2-3-4-8-17-39-28(38)32-15-13-31(14-16-32)27(37)22(11-12-25(34)35)30-26(36)24-19-21(33)18-23(29-24)20-9-6-5-7-10-20/h5-7,9-10,18-19,22H,2-4,8,11-17H2,1H3,(H,29,33)(H,30,36)(H,34,35)/t22-/m0/s1. The lowest BCUT2D eigenvalue weighted by Crippen LogP contribution is -2.56. The molecule has 3 N–H and O–H groups in total. The van der Waals surface area contributed by atoms with Crippen molar-refractivity contribution in [2.24, 2.45) is 0 Å². The molecule has 1 saturated heterocycles. The van der Waals surface area contributed by atoms with Crippen molar-refractivity contribution in [1.29, 1.82) is 0 Å². The third-order valence-electron chi connectivity index (χ3n) is 6.50. The monoisotopic (exact) mass is 540 g/mol. The van der Waals surface area contributed by atoms with E-state index in [-0.39, 0.29) is 50.1 Å². The van der Waals surface area contributed by atoms with Gasteiger partial charge in [0.15, 0.2) is 5.43 Å². The molecule has 39 heavy (non-hydrogen) atoms. The lowest BCUT2D eigenvalue weighted by atomic mass is 10.1. The van der Waals surface area contributed by atoms with Crippen molar-refractivity contribution in [3.63, 3.8) is 0 Å². The van der Waals surface area contributed by atoms with Crippen LogP contribution >= 0.6 is 0 Å². The smallest absolute Gasteiger partial charge is 0.409 e. The van der Waals surface area contributed by atoms with Crippen LogP contribution in [0.5, 0.6) is 0 Å². The molecule has 0 radical (unpaired) electrons. The highest BCUT2D eigenvalue weighted by Crippen LogP contribution is 2.15. The van der Waals surface area contributed by atoms with Gasteiger partial charge in [0.2, 0.25) is 5.91 Å². The molecule has 1 aliphatic rings. The summed E-state index contributed by atoms with van der Waals surface area (Å²) in [5.74, 6) is -2.24. The fourth-order valence-corrected chi connectivity index (χ4v) is 4.31. The molecular formula is C28H36N4O7. The van der Waals surface area contributed by atoms with Gasteiger partial charge < -0.3 is 29.9 Å². The predicted molar refractivity (Wildman–Crippen MR) is 144 cm³/mol. The summed E-state index contributed by atoms with van der Waals surface area (Å²) in [7, 11) is 0. The Balaban J connectivity index is 1.63. The van der Waals surface area contributed by atoms with E-state index in [4.69, 9.17) is 4.74 Å². The van der Waals surface area contributed by atoms with E-state index in [9.17, 15) is 29.1 Å². The van der Waals surface area contributed by atoms with Gasteiger partial charge >= 0.3 is 12.1 Å². The van der Waals surface area contributed by atoms with Crippen molar-refractivity contribution >= 4 is 23.9 Å². The van der Waals surface area contributed by atoms with E-state index in [0.717, 1.165) is 31.7 Å². The third kappa shape index (κ3) is 8.98. The maximum atomic E-state index is 13.3. The molecular weight excluding hydrogens is 504 g/mol. The number of piperazine rings is 1. The molecule has 3 amide bonds. The molecule has 11 heteroatoms. The minimum Gasteiger partial charge on any atom is -0.481 e. The van der Waals surface area contributed by atoms with Crippen LogP contribution in [-0.4, -0.2) is 82.6 Å². The van der Waals surface area contributed by atoms with E-state index in [1.54, 1.807) is 24.3 Å². The molecule has 2 heterocycles. The predicted octanol–water partition coefficient (Wildman–Crippen LogP) is 2.87. The van der Waals surface area contributed by atoms with Gasteiger partial charge in [-0.1, -0.05) is 56.5 Å². The molecule has 210 valence electrons. The SMILES string of the molecule is CCCCCCOC(=O)N1CCN(C(=O)[C@H](CCC(=O)O)NC(=O)c2cc(=O)cc(-c3ccccc3)[nH]2)CC1. The molecule has 0 spiro atoms. The van der Waals surface area contributed by atoms with Gasteiger partial charge in [0.05, 0.1) is 6.61 Å². The summed E-state index contributed by atoms with van der Waals surface area (Å²) in [5.41, 5.74) is 0.718. The van der Waals surface area contributed by atoms with E-state index in [1.807, 2.05) is 6.07 Å². The van der Waals surface area contributed by atoms with E-state index in [1.165, 1.54) is 15.9 Å². The molecule has 1 aliphatic heterocycles. The Morgan fingerprint density at radius 2 is 1.69 bits per heavy atom. The van der Waals surface area contributed by atoms with Crippen molar-refractivity contribution in [1.82, 2.24) is 20.1 Å². The number of aromatic amines is 1. The summed E-state index contributed by atoms with van der Waals surface area (Å²) in [6.07, 6.45) is 3.12. The number of aromatic nitrogens is 1. The second-order valence-electron chi connectivity index (χ2n) is 9.46. The van der Waals surface area contributed by atoms with Crippen LogP contribution in [0.3, 0.4) is 0 Å². The fourth-order valence-electron chi connectivity index (χ4n) is 4.31. The van der Waals surface area contributed by atoms with Crippen LogP contribution in [-0.2, 0) is 14.3 Å². The first-order valence-electron chi connectivity index (χ1n) is 13.3. The number of rotatable bonds is 12. The Labute approximate surface area is 227 Å². The molecule has 1 fully saturated rings. The lowest BCUT2D eigenvalue weighted by Gasteiger charge is -2.36. The number of benzene rings is 1. The molecule has 11 nitrogen and oxygen atoms in total. The highest BCUT2D eigenvalue weighted by atomic mass is 16.6. The number of carboxylic acid groups (broad SMARTS) is 1. The van der Waals surface area contributed by atoms with Gasteiger partial charge in [-0.25, -0.2) is 4.79 Å². The van der Waals surface area contributed by atoms with Crippen LogP contribution < -0.4 is 10.7 Å². The number of carboxylic acids is 1. The van der Waals surface area contributed by atoms with Gasteiger partial charge in [-0.15, -0.1) is 0 Å². The Bertz CT molecular complexity index is 1190. The topological polar surface area (TPSA) is 149 Å². The summed E-state index contributed by atoms with van der Waals surface area (Å²) in [6, 6.07) is 10.4. The van der Waals surface area contributed by atoms with Crippen LogP contribution in [0.25, 0.3) is 11.3 Å². The molecule has 1 aromatic heterocycles. The highest BCUT2D eigenvalue weighted by Gasteiger charge is 2.31. The van der Waals surface area contributed by atoms with Gasteiger partial charge in [-0.2, -0.15) is 0 Å². The number of H-pyrrole nitrogens is 1. The normalized spacial score (nSPS) is 14.0. The molecule has 0 saturated carbocycles. The van der Waals surface area contributed by atoms with Crippen molar-refractivity contribution in [2.45, 2.75) is 51.5 Å². The van der Waals surface area contributed by atoms with Crippen molar-refractivity contribution in [2.75, 3.05) is 32.8 Å². The van der Waals surface area contributed by atoms with Gasteiger partial charge in [0.25, 0.3) is 5.91 Å². The van der Waals surface area contributed by atoms with E-state index in [0.29, 0.717) is 17.9 Å². The Hall–Kier alpha value is -4.15. The number of carbonyl (C=O) groups is 4. The highest BCUT2D eigenvalue weighted by molar-refractivity contribution is 5.96. The number of aliphatic carboxylic acids is 1. The second kappa shape index (κ2) is 14.7. The minimum absolute atomic E-state index is 0.0408. The minimum atomic E-state index is -1.12. The maximum absolute atomic E-state index is 13.3. The fraction of sp³-hybridized carbons (Fsp3) is 0.464. The second-order valence-corrected chi connectivity index (χ2v) is 9.46. The summed E-state index contributed by atoms with van der Waals surface area (Å²) in [4.78, 5) is 68.1. The van der Waals surface area contributed by atoms with E-state index >= 15 is 0 Å². The van der Waals surface area contributed by atoms with Crippen LogP contribution in [0, 0.1) is 0 Å². The number of hydrogen-bond acceptors (Lipinski definition) is 6.